The van der Waals surface area contributed by atoms with Crippen LogP contribution in [0.15, 0.2) is 24.3 Å². The molecule has 1 fully saturated rings. The highest BCUT2D eigenvalue weighted by Gasteiger charge is 2.33. The van der Waals surface area contributed by atoms with Crippen LogP contribution in [0.25, 0.3) is 0 Å². The lowest BCUT2D eigenvalue weighted by Gasteiger charge is -2.32. The van der Waals surface area contributed by atoms with Crippen LogP contribution in [0.5, 0.6) is 0 Å². The van der Waals surface area contributed by atoms with E-state index in [-0.39, 0.29) is 5.41 Å². The maximum absolute atomic E-state index is 6.39. The average molecular weight is 411 g/mol. The number of ether oxygens (including phenoxy) is 1. The number of hydrogen-bond donors (Lipinski definition) is 0. The minimum atomic E-state index is 0.0459. The van der Waals surface area contributed by atoms with Gasteiger partial charge >= 0.3 is 0 Å². The summed E-state index contributed by atoms with van der Waals surface area (Å²) in [5.41, 5.74) is 1.27. The highest BCUT2D eigenvalue weighted by atomic mass is 79.9. The molecule has 19 heavy (non-hydrogen) atoms. The van der Waals surface area contributed by atoms with Crippen molar-refractivity contribution < 1.29 is 4.74 Å². The molecule has 106 valence electrons. The third kappa shape index (κ3) is 3.75. The van der Waals surface area contributed by atoms with E-state index in [0.29, 0.717) is 6.10 Å². The normalized spacial score (nSPS) is 19.8. The Hall–Kier alpha value is 0.430. The van der Waals surface area contributed by atoms with E-state index in [9.17, 15) is 0 Å². The van der Waals surface area contributed by atoms with Crippen LogP contribution in [0, 0.1) is 0 Å². The fourth-order valence-electron chi connectivity index (χ4n) is 2.65. The minimum Gasteiger partial charge on any atom is -0.378 e. The first-order valence-corrected chi connectivity index (χ1v) is 9.32. The number of alkyl halides is 2. The van der Waals surface area contributed by atoms with Crippen molar-refractivity contribution in [2.24, 2.45) is 0 Å². The molecule has 0 spiro atoms. The quantitative estimate of drug-likeness (QED) is 0.576. The molecule has 0 saturated carbocycles. The van der Waals surface area contributed by atoms with Gasteiger partial charge in [0.1, 0.15) is 0 Å². The van der Waals surface area contributed by atoms with E-state index >= 15 is 0 Å². The zero-order chi connectivity index (χ0) is 13.7. The molecule has 0 N–H and O–H groups in total. The Kier molecular flexibility index (Phi) is 6.19. The van der Waals surface area contributed by atoms with Gasteiger partial charge in [0, 0.05) is 27.7 Å². The van der Waals surface area contributed by atoms with Gasteiger partial charge in [-0.15, -0.1) is 0 Å². The van der Waals surface area contributed by atoms with Crippen molar-refractivity contribution in [2.75, 3.05) is 17.3 Å². The van der Waals surface area contributed by atoms with Crippen LogP contribution >= 0.6 is 43.5 Å². The molecule has 1 aliphatic heterocycles. The van der Waals surface area contributed by atoms with Crippen molar-refractivity contribution in [1.29, 1.82) is 0 Å². The molecule has 0 amide bonds. The molecule has 2 rings (SSSR count). The molecule has 0 bridgehead atoms. The van der Waals surface area contributed by atoms with Gasteiger partial charge in [0.2, 0.25) is 0 Å². The summed E-state index contributed by atoms with van der Waals surface area (Å²) in [6, 6.07) is 8.16. The Bertz CT molecular complexity index is 401. The number of halogens is 3. The lowest BCUT2D eigenvalue weighted by Crippen LogP contribution is -2.32. The summed E-state index contributed by atoms with van der Waals surface area (Å²) in [7, 11) is 0. The Balaban J connectivity index is 2.14. The molecule has 4 heteroatoms. The summed E-state index contributed by atoms with van der Waals surface area (Å²) in [6.45, 7) is 0.923. The minimum absolute atomic E-state index is 0.0459. The van der Waals surface area contributed by atoms with Gasteiger partial charge in [0.15, 0.2) is 0 Å². The number of hydrogen-bond acceptors (Lipinski definition) is 1. The second-order valence-electron chi connectivity index (χ2n) is 5.20. The summed E-state index contributed by atoms with van der Waals surface area (Å²) >= 11 is 13.8. The molecule has 1 aromatic rings. The van der Waals surface area contributed by atoms with Crippen LogP contribution in [0.4, 0.5) is 0 Å². The van der Waals surface area contributed by atoms with Crippen LogP contribution in [0.2, 0.25) is 5.02 Å². The van der Waals surface area contributed by atoms with Gasteiger partial charge < -0.3 is 4.74 Å². The summed E-state index contributed by atoms with van der Waals surface area (Å²) < 4.78 is 5.74. The van der Waals surface area contributed by atoms with E-state index in [4.69, 9.17) is 16.3 Å². The lowest BCUT2D eigenvalue weighted by atomic mass is 9.79. The van der Waals surface area contributed by atoms with Gasteiger partial charge in [-0.2, -0.15) is 0 Å². The fraction of sp³-hybridized carbons (Fsp3) is 0.600. The van der Waals surface area contributed by atoms with Crippen molar-refractivity contribution in [2.45, 2.75) is 37.2 Å². The van der Waals surface area contributed by atoms with Gasteiger partial charge in [0.05, 0.1) is 6.10 Å². The molecule has 1 atom stereocenters. The number of benzene rings is 1. The van der Waals surface area contributed by atoms with Gasteiger partial charge in [-0.3, -0.25) is 0 Å². The van der Waals surface area contributed by atoms with Crippen molar-refractivity contribution in [3.8, 4) is 0 Å². The standard InChI is InChI=1S/C15H19Br2ClO/c16-10-15(11-17,8-7-12-4-3-9-19-12)13-5-1-2-6-14(13)18/h1-2,5-6,12H,3-4,7-11H2. The molecule has 1 heterocycles. The second kappa shape index (κ2) is 7.44. The molecule has 0 aromatic heterocycles. The van der Waals surface area contributed by atoms with Crippen molar-refractivity contribution in [3.05, 3.63) is 34.9 Å². The molecule has 1 aliphatic rings. The Labute approximate surface area is 137 Å². The van der Waals surface area contributed by atoms with Crippen LogP contribution in [0.1, 0.15) is 31.2 Å². The Morgan fingerprint density at radius 2 is 2.00 bits per heavy atom. The van der Waals surface area contributed by atoms with E-state index in [2.05, 4.69) is 44.0 Å². The summed E-state index contributed by atoms with van der Waals surface area (Å²) in [6.07, 6.45) is 5.01. The second-order valence-corrected chi connectivity index (χ2v) is 6.73. The van der Waals surface area contributed by atoms with E-state index in [1.165, 1.54) is 18.4 Å². The maximum Gasteiger partial charge on any atom is 0.0576 e. The van der Waals surface area contributed by atoms with Crippen LogP contribution < -0.4 is 0 Å². The predicted molar refractivity (Wildman–Crippen MR) is 88.9 cm³/mol. The molecule has 1 nitrogen and oxygen atoms in total. The van der Waals surface area contributed by atoms with Crippen molar-refractivity contribution >= 4 is 43.5 Å². The van der Waals surface area contributed by atoms with Gasteiger partial charge in [-0.1, -0.05) is 61.7 Å². The Morgan fingerprint density at radius 3 is 2.58 bits per heavy atom. The van der Waals surface area contributed by atoms with Crippen LogP contribution in [0.3, 0.4) is 0 Å². The molecular formula is C15H19Br2ClO. The van der Waals surface area contributed by atoms with E-state index < -0.39 is 0 Å². The zero-order valence-electron chi connectivity index (χ0n) is 10.9. The molecule has 1 aromatic carbocycles. The Morgan fingerprint density at radius 1 is 1.26 bits per heavy atom. The zero-order valence-corrected chi connectivity index (χ0v) is 14.8. The molecule has 0 aliphatic carbocycles. The molecular weight excluding hydrogens is 391 g/mol. The third-order valence-electron chi connectivity index (χ3n) is 3.93. The summed E-state index contributed by atoms with van der Waals surface area (Å²) in [5.74, 6) is 0. The van der Waals surface area contributed by atoms with Gasteiger partial charge in [0.25, 0.3) is 0 Å². The summed E-state index contributed by atoms with van der Waals surface area (Å²) in [5, 5.41) is 2.66. The highest BCUT2D eigenvalue weighted by Crippen LogP contribution is 2.38. The highest BCUT2D eigenvalue weighted by molar-refractivity contribution is 9.09. The predicted octanol–water partition coefficient (Wildman–Crippen LogP) is 5.33. The molecule has 1 unspecified atom stereocenters. The molecule has 1 saturated heterocycles. The average Bonchev–Trinajstić information content (AvgIpc) is 2.95. The smallest absolute Gasteiger partial charge is 0.0576 e. The van der Waals surface area contributed by atoms with E-state index in [0.717, 1.165) is 35.1 Å². The SMILES string of the molecule is Clc1ccccc1C(CBr)(CBr)CCC1CCCO1. The maximum atomic E-state index is 6.39. The molecule has 0 radical (unpaired) electrons. The van der Waals surface area contributed by atoms with Crippen LogP contribution in [-0.4, -0.2) is 23.4 Å². The lowest BCUT2D eigenvalue weighted by molar-refractivity contribution is 0.0979. The number of rotatable bonds is 6. The van der Waals surface area contributed by atoms with Crippen LogP contribution in [-0.2, 0) is 10.2 Å². The first-order chi connectivity index (χ1) is 9.22. The largest absolute Gasteiger partial charge is 0.378 e. The van der Waals surface area contributed by atoms with Crippen molar-refractivity contribution in [1.82, 2.24) is 0 Å². The van der Waals surface area contributed by atoms with E-state index in [1.807, 2.05) is 12.1 Å². The monoisotopic (exact) mass is 408 g/mol. The van der Waals surface area contributed by atoms with Gasteiger partial charge in [-0.25, -0.2) is 0 Å². The topological polar surface area (TPSA) is 9.23 Å². The fourth-order valence-corrected chi connectivity index (χ4v) is 5.08. The van der Waals surface area contributed by atoms with Crippen molar-refractivity contribution in [3.63, 3.8) is 0 Å². The third-order valence-corrected chi connectivity index (χ3v) is 6.40. The van der Waals surface area contributed by atoms with E-state index in [1.54, 1.807) is 0 Å². The van der Waals surface area contributed by atoms with Gasteiger partial charge in [-0.05, 0) is 37.3 Å². The summed E-state index contributed by atoms with van der Waals surface area (Å²) in [4.78, 5) is 0. The first kappa shape index (κ1) is 15.8. The first-order valence-electron chi connectivity index (χ1n) is 6.70.